The number of carbonyl (C=O) groups excluding carboxylic acids is 1. The maximum absolute atomic E-state index is 12.7. The van der Waals surface area contributed by atoms with Gasteiger partial charge >= 0.3 is 5.97 Å². The molecule has 0 bridgehead atoms. The number of aromatic hydroxyl groups is 1. The number of aromatic nitrogens is 2. The van der Waals surface area contributed by atoms with Gasteiger partial charge in [-0.05, 0) is 30.3 Å². The van der Waals surface area contributed by atoms with Crippen molar-refractivity contribution < 1.29 is 24.2 Å². The summed E-state index contributed by atoms with van der Waals surface area (Å²) in [5, 5.41) is 28.7. The quantitative estimate of drug-likeness (QED) is 0.396. The lowest BCUT2D eigenvalue weighted by atomic mass is 10.1. The van der Waals surface area contributed by atoms with Gasteiger partial charge in [0, 0.05) is 17.0 Å². The molecular weight excluding hydrogens is 406 g/mol. The Morgan fingerprint density at radius 3 is 2.77 bits per heavy atom. The monoisotopic (exact) mass is 419 g/mol. The summed E-state index contributed by atoms with van der Waals surface area (Å²) in [5.41, 5.74) is 1.24. The maximum atomic E-state index is 12.7. The first-order chi connectivity index (χ1) is 14.5. The van der Waals surface area contributed by atoms with E-state index in [1.807, 2.05) is 12.1 Å². The third-order valence-electron chi connectivity index (χ3n) is 4.60. The van der Waals surface area contributed by atoms with E-state index >= 15 is 0 Å². The molecule has 0 radical (unpaired) electrons. The minimum absolute atomic E-state index is 0.0347. The molecule has 1 aromatic carbocycles. The number of nitrogens with zero attached hydrogens (tertiary/aromatic N) is 2. The van der Waals surface area contributed by atoms with E-state index in [0.717, 1.165) is 16.9 Å². The van der Waals surface area contributed by atoms with Crippen molar-refractivity contribution in [1.82, 2.24) is 9.61 Å². The first-order valence-electron chi connectivity index (χ1n) is 8.84. The summed E-state index contributed by atoms with van der Waals surface area (Å²) < 4.78 is 7.25. The van der Waals surface area contributed by atoms with Crippen LogP contribution in [0, 0.1) is 0 Å². The number of pyridine rings is 1. The summed E-state index contributed by atoms with van der Waals surface area (Å²) in [7, 11) is 0. The number of anilines is 1. The number of nitrogens with one attached hydrogen (secondary N) is 1. The summed E-state index contributed by atoms with van der Waals surface area (Å²) in [6.07, 6.45) is 1.72. The predicted molar refractivity (Wildman–Crippen MR) is 111 cm³/mol. The Morgan fingerprint density at radius 1 is 1.13 bits per heavy atom. The molecule has 0 aliphatic rings. The number of hydrogen-bond donors (Lipinski definition) is 3. The van der Waals surface area contributed by atoms with Gasteiger partial charge in [0.15, 0.2) is 17.0 Å². The first kappa shape index (κ1) is 18.0. The molecule has 0 unspecified atom stereocenters. The predicted octanol–water partition coefficient (Wildman–Crippen LogP) is 4.47. The molecule has 0 saturated heterocycles. The Kier molecular flexibility index (Phi) is 4.04. The largest absolute Gasteiger partial charge is 0.504 e. The number of para-hydroxylation sites is 1. The van der Waals surface area contributed by atoms with Crippen LogP contribution in [-0.4, -0.2) is 31.7 Å². The van der Waals surface area contributed by atoms with Crippen LogP contribution in [0.15, 0.2) is 64.5 Å². The van der Waals surface area contributed by atoms with Gasteiger partial charge in [-0.25, -0.2) is 9.31 Å². The maximum Gasteiger partial charge on any atom is 0.339 e. The number of carboxylic acid groups (broad SMARTS) is 1. The summed E-state index contributed by atoms with van der Waals surface area (Å²) in [5.74, 6) is -1.47. The second-order valence-electron chi connectivity index (χ2n) is 6.52. The highest BCUT2D eigenvalue weighted by Gasteiger charge is 2.24. The summed E-state index contributed by atoms with van der Waals surface area (Å²) in [6.45, 7) is 0. The Balaban J connectivity index is 1.53. The lowest BCUT2D eigenvalue weighted by Gasteiger charge is -2.03. The molecule has 1 amide bonds. The normalized spacial score (nSPS) is 11.2. The fourth-order valence-electron chi connectivity index (χ4n) is 3.24. The molecule has 4 heterocycles. The highest BCUT2D eigenvalue weighted by atomic mass is 32.1. The molecule has 8 nitrogen and oxygen atoms in total. The van der Waals surface area contributed by atoms with Gasteiger partial charge in [-0.1, -0.05) is 18.2 Å². The van der Waals surface area contributed by atoms with Crippen molar-refractivity contribution in [1.29, 1.82) is 0 Å². The van der Waals surface area contributed by atoms with Crippen LogP contribution in [0.3, 0.4) is 0 Å². The number of carbonyl (C=O) groups is 2. The fraction of sp³-hybridized carbons (Fsp3) is 0. The van der Waals surface area contributed by atoms with E-state index in [-0.39, 0.29) is 28.3 Å². The van der Waals surface area contributed by atoms with Crippen LogP contribution < -0.4 is 5.32 Å². The second-order valence-corrected chi connectivity index (χ2v) is 7.40. The van der Waals surface area contributed by atoms with Gasteiger partial charge < -0.3 is 19.9 Å². The van der Waals surface area contributed by atoms with E-state index in [1.165, 1.54) is 6.07 Å². The molecule has 148 valence electrons. The van der Waals surface area contributed by atoms with Crippen molar-refractivity contribution in [3.05, 3.63) is 71.4 Å². The van der Waals surface area contributed by atoms with E-state index in [2.05, 4.69) is 10.4 Å². The van der Waals surface area contributed by atoms with Crippen molar-refractivity contribution >= 4 is 45.4 Å². The van der Waals surface area contributed by atoms with Crippen LogP contribution >= 0.6 is 11.3 Å². The first-order valence-corrected chi connectivity index (χ1v) is 9.71. The van der Waals surface area contributed by atoms with Crippen LogP contribution in [0.4, 0.5) is 5.69 Å². The fourth-order valence-corrected chi connectivity index (χ4v) is 4.18. The number of fused-ring (bicyclic) bond motifs is 2. The molecule has 0 saturated carbocycles. The minimum Gasteiger partial charge on any atom is -0.504 e. The van der Waals surface area contributed by atoms with E-state index in [9.17, 15) is 19.8 Å². The molecule has 5 rings (SSSR count). The zero-order chi connectivity index (χ0) is 20.8. The van der Waals surface area contributed by atoms with Gasteiger partial charge in [-0.15, -0.1) is 11.3 Å². The highest BCUT2D eigenvalue weighted by molar-refractivity contribution is 7.14. The summed E-state index contributed by atoms with van der Waals surface area (Å²) in [6, 6.07) is 13.6. The number of aromatic carboxylic acids is 1. The van der Waals surface area contributed by atoms with Crippen molar-refractivity contribution in [2.45, 2.75) is 0 Å². The van der Waals surface area contributed by atoms with Gasteiger partial charge in [0.1, 0.15) is 11.3 Å². The number of carboxylic acids is 1. The van der Waals surface area contributed by atoms with Gasteiger partial charge in [0.25, 0.3) is 5.91 Å². The molecule has 0 spiro atoms. The molecule has 0 fully saturated rings. The van der Waals surface area contributed by atoms with Crippen LogP contribution in [0.2, 0.25) is 0 Å². The van der Waals surface area contributed by atoms with E-state index in [0.29, 0.717) is 16.0 Å². The molecule has 0 aliphatic carbocycles. The van der Waals surface area contributed by atoms with Crippen LogP contribution in [0.1, 0.15) is 20.8 Å². The molecule has 3 N–H and O–H groups in total. The Bertz CT molecular complexity index is 1410. The van der Waals surface area contributed by atoms with Crippen molar-refractivity contribution in [3.63, 3.8) is 0 Å². The number of phenols is 1. The lowest BCUT2D eigenvalue weighted by Crippen LogP contribution is -2.14. The Morgan fingerprint density at radius 2 is 2.00 bits per heavy atom. The number of amides is 1. The van der Waals surface area contributed by atoms with Gasteiger partial charge in [-0.2, -0.15) is 5.10 Å². The zero-order valence-corrected chi connectivity index (χ0v) is 16.0. The SMILES string of the molecule is O=C(Nc1csc(-c2cc3cccc(O)c3o2)c1C(=O)O)c1cc2ccccn2n1. The molecule has 0 aliphatic heterocycles. The molecule has 9 heteroatoms. The number of benzene rings is 1. The third kappa shape index (κ3) is 2.88. The molecular formula is C21H13N3O5S. The van der Waals surface area contributed by atoms with Crippen molar-refractivity contribution in [2.75, 3.05) is 5.32 Å². The van der Waals surface area contributed by atoms with Crippen molar-refractivity contribution in [3.8, 4) is 16.4 Å². The molecule has 4 aromatic heterocycles. The van der Waals surface area contributed by atoms with Gasteiger partial charge in [0.2, 0.25) is 0 Å². The Hall–Kier alpha value is -4.11. The number of rotatable bonds is 4. The lowest BCUT2D eigenvalue weighted by molar-refractivity contribution is 0.0699. The van der Waals surface area contributed by atoms with Crippen LogP contribution in [0.25, 0.3) is 27.1 Å². The van der Waals surface area contributed by atoms with Crippen molar-refractivity contribution in [2.24, 2.45) is 0 Å². The van der Waals surface area contributed by atoms with Crippen LogP contribution in [-0.2, 0) is 0 Å². The topological polar surface area (TPSA) is 117 Å². The summed E-state index contributed by atoms with van der Waals surface area (Å²) >= 11 is 1.12. The second kappa shape index (κ2) is 6.75. The highest BCUT2D eigenvalue weighted by Crippen LogP contribution is 2.40. The number of furan rings is 1. The van der Waals surface area contributed by atoms with E-state index < -0.39 is 11.9 Å². The van der Waals surface area contributed by atoms with E-state index in [1.54, 1.807) is 46.4 Å². The standard InChI is InChI=1S/C21H13N3O5S/c25-15-6-3-4-11-8-16(29-18(11)15)19-17(21(27)28)14(10-30-19)22-20(26)13-9-12-5-1-2-7-24(12)23-13/h1-10,25H,(H,22,26)(H,27,28). The zero-order valence-electron chi connectivity index (χ0n) is 15.2. The summed E-state index contributed by atoms with van der Waals surface area (Å²) in [4.78, 5) is 25.0. The smallest absolute Gasteiger partial charge is 0.339 e. The van der Waals surface area contributed by atoms with Crippen LogP contribution in [0.5, 0.6) is 5.75 Å². The number of phenolic OH excluding ortho intramolecular Hbond substituents is 1. The third-order valence-corrected chi connectivity index (χ3v) is 5.60. The average molecular weight is 419 g/mol. The number of thiophene rings is 1. The van der Waals surface area contributed by atoms with Gasteiger partial charge in [-0.3, -0.25) is 4.79 Å². The van der Waals surface area contributed by atoms with Gasteiger partial charge in [0.05, 0.1) is 16.1 Å². The Labute approximate surface area is 172 Å². The minimum atomic E-state index is -1.21. The van der Waals surface area contributed by atoms with E-state index in [4.69, 9.17) is 4.42 Å². The number of hydrogen-bond acceptors (Lipinski definition) is 6. The molecule has 0 atom stereocenters. The molecule has 5 aromatic rings. The molecule has 30 heavy (non-hydrogen) atoms. The average Bonchev–Trinajstić information content (AvgIpc) is 3.44.